The molecule has 212 valence electrons. The van der Waals surface area contributed by atoms with E-state index < -0.39 is 12.0 Å². The number of hydrogen-bond acceptors (Lipinski definition) is 9. The second-order valence-electron chi connectivity index (χ2n) is 9.25. The maximum absolute atomic E-state index is 14.7. The topological polar surface area (TPSA) is 103 Å². The minimum absolute atomic E-state index is 0.00842. The molecule has 3 aromatic heterocycles. The van der Waals surface area contributed by atoms with Gasteiger partial charge in [0.25, 0.3) is 0 Å². The third-order valence-electron chi connectivity index (χ3n) is 6.99. The van der Waals surface area contributed by atoms with Gasteiger partial charge in [0.2, 0.25) is 5.88 Å². The van der Waals surface area contributed by atoms with Gasteiger partial charge in [-0.25, -0.2) is 13.8 Å². The average molecular weight is 584 g/mol. The molecule has 13 heteroatoms. The molecule has 0 bridgehead atoms. The van der Waals surface area contributed by atoms with E-state index in [-0.39, 0.29) is 35.2 Å². The molecule has 0 spiro atoms. The Bertz CT molecular complexity index is 1310. The summed E-state index contributed by atoms with van der Waals surface area (Å²) in [6.45, 7) is 8.45. The van der Waals surface area contributed by atoms with Crippen LogP contribution in [0.5, 0.6) is 11.9 Å². The Hall–Kier alpha value is -2.76. The second-order valence-corrected chi connectivity index (χ2v) is 10.0. The van der Waals surface area contributed by atoms with Crippen molar-refractivity contribution in [3.63, 3.8) is 0 Å². The number of nitrogens with two attached hydrogens (primary N) is 1. The van der Waals surface area contributed by atoms with E-state index in [4.69, 9.17) is 38.4 Å². The van der Waals surface area contributed by atoms with Crippen LogP contribution in [0.25, 0.3) is 10.9 Å². The first-order chi connectivity index (χ1) is 18.8. The standard InChI is InChI=1S/C17H15Cl2FN6O2.C7H12FN.C2H6/c1-7(9-5-8(18)6-22-14(9)21)26-3-4-28-16-10-12(11(20)13(19)24-16)23-17(27-2)25-15(10)26;8-6-4-7-2-1-3-9(7)5-6;1-2/h5-7H,3-4H2,1-2H3,(H2,21,22);6-7H,1-5H2;1-2H3. The second kappa shape index (κ2) is 12.6. The van der Waals surface area contributed by atoms with E-state index in [9.17, 15) is 8.78 Å². The number of anilines is 2. The molecular weight excluding hydrogens is 551 g/mol. The Morgan fingerprint density at radius 2 is 1.97 bits per heavy atom. The van der Waals surface area contributed by atoms with Crippen molar-refractivity contribution in [1.82, 2.24) is 24.8 Å². The molecule has 3 aliphatic heterocycles. The fraction of sp³-hybridized carbons (Fsp3) is 0.538. The fourth-order valence-electron chi connectivity index (χ4n) is 5.20. The Morgan fingerprint density at radius 3 is 2.69 bits per heavy atom. The molecule has 0 aromatic carbocycles. The highest BCUT2D eigenvalue weighted by Crippen LogP contribution is 2.41. The predicted octanol–water partition coefficient (Wildman–Crippen LogP) is 5.64. The summed E-state index contributed by atoms with van der Waals surface area (Å²) in [6, 6.07) is 2.03. The van der Waals surface area contributed by atoms with Crippen molar-refractivity contribution in [1.29, 1.82) is 0 Å². The van der Waals surface area contributed by atoms with Gasteiger partial charge in [0.05, 0.1) is 24.7 Å². The van der Waals surface area contributed by atoms with Gasteiger partial charge in [0.1, 0.15) is 35.3 Å². The quantitative estimate of drug-likeness (QED) is 0.392. The van der Waals surface area contributed by atoms with Gasteiger partial charge in [0, 0.05) is 24.3 Å². The lowest BCUT2D eigenvalue weighted by Gasteiger charge is -2.30. The number of aromatic nitrogens is 4. The van der Waals surface area contributed by atoms with Gasteiger partial charge in [-0.05, 0) is 38.8 Å². The van der Waals surface area contributed by atoms with Crippen molar-refractivity contribution in [2.75, 3.05) is 44.0 Å². The molecular formula is C26H33Cl2F2N7O2. The summed E-state index contributed by atoms with van der Waals surface area (Å²) in [5.41, 5.74) is 6.72. The van der Waals surface area contributed by atoms with E-state index in [1.165, 1.54) is 26.1 Å². The van der Waals surface area contributed by atoms with Crippen LogP contribution < -0.4 is 20.1 Å². The van der Waals surface area contributed by atoms with Crippen molar-refractivity contribution in [3.8, 4) is 11.9 Å². The molecule has 0 radical (unpaired) electrons. The molecule has 6 rings (SSSR count). The lowest BCUT2D eigenvalue weighted by atomic mass is 10.1. The summed E-state index contributed by atoms with van der Waals surface area (Å²) in [5.74, 6) is 0.111. The molecule has 0 amide bonds. The van der Waals surface area contributed by atoms with Gasteiger partial charge >= 0.3 is 6.01 Å². The van der Waals surface area contributed by atoms with Crippen molar-refractivity contribution in [2.24, 2.45) is 0 Å². The Balaban J connectivity index is 0.000000267. The van der Waals surface area contributed by atoms with E-state index in [0.717, 1.165) is 13.0 Å². The zero-order chi connectivity index (χ0) is 28.3. The van der Waals surface area contributed by atoms with Gasteiger partial charge < -0.3 is 20.1 Å². The fourth-order valence-corrected chi connectivity index (χ4v) is 5.53. The summed E-state index contributed by atoms with van der Waals surface area (Å²) in [5, 5.41) is 0.423. The number of hydrogen-bond donors (Lipinski definition) is 1. The van der Waals surface area contributed by atoms with Crippen molar-refractivity contribution < 1.29 is 18.3 Å². The maximum atomic E-state index is 14.7. The molecule has 39 heavy (non-hydrogen) atoms. The van der Waals surface area contributed by atoms with Crippen LogP contribution in [0.4, 0.5) is 20.4 Å². The number of methoxy groups -OCH3 is 1. The van der Waals surface area contributed by atoms with Crippen molar-refractivity contribution in [3.05, 3.63) is 33.8 Å². The minimum atomic E-state index is -0.774. The van der Waals surface area contributed by atoms with Gasteiger partial charge in [-0.2, -0.15) is 15.0 Å². The lowest BCUT2D eigenvalue weighted by Crippen LogP contribution is -2.31. The molecule has 3 aliphatic rings. The molecule has 0 aliphatic carbocycles. The Labute approximate surface area is 236 Å². The van der Waals surface area contributed by atoms with Gasteiger partial charge in [-0.15, -0.1) is 0 Å². The molecule has 2 fully saturated rings. The monoisotopic (exact) mass is 583 g/mol. The van der Waals surface area contributed by atoms with E-state index in [1.807, 2.05) is 25.7 Å². The first-order valence-corrected chi connectivity index (χ1v) is 13.8. The summed E-state index contributed by atoms with van der Waals surface area (Å²) < 4.78 is 38.1. The molecule has 2 N–H and O–H groups in total. The van der Waals surface area contributed by atoms with Gasteiger partial charge in [-0.3, -0.25) is 4.90 Å². The van der Waals surface area contributed by atoms with Crippen molar-refractivity contribution in [2.45, 2.75) is 58.3 Å². The lowest BCUT2D eigenvalue weighted by molar-refractivity contribution is 0.292. The Morgan fingerprint density at radius 1 is 1.21 bits per heavy atom. The number of pyridine rings is 2. The maximum Gasteiger partial charge on any atom is 0.318 e. The predicted molar refractivity (Wildman–Crippen MR) is 149 cm³/mol. The number of halogens is 4. The number of fused-ring (bicyclic) bond motifs is 1. The van der Waals surface area contributed by atoms with Crippen LogP contribution in [-0.2, 0) is 0 Å². The first-order valence-electron chi connectivity index (χ1n) is 13.1. The normalized spacial score (nSPS) is 20.7. The van der Waals surface area contributed by atoms with Crippen LogP contribution in [0.3, 0.4) is 0 Å². The van der Waals surface area contributed by atoms with E-state index in [2.05, 4.69) is 24.8 Å². The summed E-state index contributed by atoms with van der Waals surface area (Å²) >= 11 is 12.0. The van der Waals surface area contributed by atoms with Crippen LogP contribution in [-0.4, -0.2) is 70.4 Å². The van der Waals surface area contributed by atoms with E-state index in [0.29, 0.717) is 46.7 Å². The summed E-state index contributed by atoms with van der Waals surface area (Å²) in [6.07, 6.45) is 4.29. The molecule has 2 saturated heterocycles. The zero-order valence-corrected chi connectivity index (χ0v) is 23.9. The first kappa shape index (κ1) is 29.2. The zero-order valence-electron chi connectivity index (χ0n) is 22.4. The van der Waals surface area contributed by atoms with Crippen LogP contribution in [0.2, 0.25) is 10.2 Å². The molecule has 9 nitrogen and oxygen atoms in total. The number of nitrogen functional groups attached to an aromatic ring is 1. The molecule has 3 aromatic rings. The molecule has 3 unspecified atom stereocenters. The number of nitrogens with zero attached hydrogens (tertiary/aromatic N) is 6. The van der Waals surface area contributed by atoms with Gasteiger partial charge in [-0.1, -0.05) is 37.0 Å². The summed E-state index contributed by atoms with van der Waals surface area (Å²) in [7, 11) is 1.40. The SMILES string of the molecule is CC.COc1nc2c3c(nc(Cl)c(F)c3n1)OCCN2C(C)c1cc(Cl)cnc1N.FC1CC2CCCN2C1. The van der Waals surface area contributed by atoms with Crippen LogP contribution in [0, 0.1) is 5.82 Å². The smallest absolute Gasteiger partial charge is 0.318 e. The Kier molecular flexibility index (Phi) is 9.45. The van der Waals surface area contributed by atoms with Crippen LogP contribution >= 0.6 is 23.2 Å². The average Bonchev–Trinajstić information content (AvgIpc) is 3.46. The largest absolute Gasteiger partial charge is 0.475 e. The highest BCUT2D eigenvalue weighted by molar-refractivity contribution is 6.30. The van der Waals surface area contributed by atoms with Gasteiger partial charge in [0.15, 0.2) is 11.0 Å². The third-order valence-corrected chi connectivity index (χ3v) is 7.45. The van der Waals surface area contributed by atoms with Crippen LogP contribution in [0.15, 0.2) is 12.3 Å². The minimum Gasteiger partial charge on any atom is -0.475 e. The molecule has 3 atom stereocenters. The van der Waals surface area contributed by atoms with Crippen molar-refractivity contribution >= 4 is 45.7 Å². The summed E-state index contributed by atoms with van der Waals surface area (Å²) in [4.78, 5) is 20.8. The number of rotatable bonds is 3. The number of ether oxygens (including phenoxy) is 2. The van der Waals surface area contributed by atoms with Crippen LogP contribution in [0.1, 0.15) is 51.6 Å². The highest BCUT2D eigenvalue weighted by Gasteiger charge is 2.35. The number of alkyl halides is 1. The molecule has 6 heterocycles. The van der Waals surface area contributed by atoms with E-state index in [1.54, 1.807) is 6.07 Å². The van der Waals surface area contributed by atoms with E-state index >= 15 is 0 Å². The third kappa shape index (κ3) is 6.05. The highest BCUT2D eigenvalue weighted by atomic mass is 35.5. The molecule has 0 saturated carbocycles.